The molecule has 0 heterocycles. The Hall–Kier alpha value is -1.24. The maximum absolute atomic E-state index is 8.84. The zero-order valence-electron chi connectivity index (χ0n) is 10.8. The average Bonchev–Trinajstić information content (AvgIpc) is 2.34. The zero-order chi connectivity index (χ0) is 13.6. The van der Waals surface area contributed by atoms with Crippen molar-refractivity contribution in [2.75, 3.05) is 18.5 Å². The quantitative estimate of drug-likeness (QED) is 0.829. The normalized spacial score (nSPS) is 11.1. The zero-order valence-corrected chi connectivity index (χ0v) is 11.6. The van der Waals surface area contributed by atoms with Crippen LogP contribution in [0, 0.1) is 16.7 Å². The lowest BCUT2D eigenvalue weighted by Gasteiger charge is -2.25. The Labute approximate surface area is 113 Å². The van der Waals surface area contributed by atoms with E-state index < -0.39 is 0 Å². The molecule has 1 aromatic rings. The average molecular weight is 267 g/mol. The molecule has 0 aliphatic rings. The molecular formula is C14H19ClN2O. The third-order valence-electron chi connectivity index (χ3n) is 2.87. The summed E-state index contributed by atoms with van der Waals surface area (Å²) in [4.78, 5) is 0. The number of rotatable bonds is 6. The molecule has 2 N–H and O–H groups in total. The van der Waals surface area contributed by atoms with Gasteiger partial charge in [0.2, 0.25) is 0 Å². The highest BCUT2D eigenvalue weighted by atomic mass is 35.5. The molecule has 0 atom stereocenters. The van der Waals surface area contributed by atoms with Gasteiger partial charge in [-0.15, -0.1) is 0 Å². The SMILES string of the molecule is CC(C)(CCCO)CNc1ccc(C#N)c(Cl)c1. The van der Waals surface area contributed by atoms with Crippen LogP contribution in [0.2, 0.25) is 5.02 Å². The van der Waals surface area contributed by atoms with Gasteiger partial charge in [0.1, 0.15) is 6.07 Å². The van der Waals surface area contributed by atoms with Gasteiger partial charge in [-0.05, 0) is 36.5 Å². The standard InChI is InChI=1S/C14H19ClN2O/c1-14(2,6-3-7-18)10-17-12-5-4-11(9-16)13(15)8-12/h4-5,8,17-18H,3,6-7,10H2,1-2H3. The second-order valence-electron chi connectivity index (χ2n) is 5.15. The third kappa shape index (κ3) is 4.56. The smallest absolute Gasteiger partial charge is 0.101 e. The van der Waals surface area contributed by atoms with Gasteiger partial charge in [-0.2, -0.15) is 5.26 Å². The number of benzene rings is 1. The lowest BCUT2D eigenvalue weighted by atomic mass is 9.88. The fraction of sp³-hybridized carbons (Fsp3) is 0.500. The van der Waals surface area contributed by atoms with E-state index in [1.54, 1.807) is 12.1 Å². The number of hydrogen-bond donors (Lipinski definition) is 2. The lowest BCUT2D eigenvalue weighted by molar-refractivity contribution is 0.248. The Morgan fingerprint density at radius 1 is 1.44 bits per heavy atom. The highest BCUT2D eigenvalue weighted by Crippen LogP contribution is 2.25. The summed E-state index contributed by atoms with van der Waals surface area (Å²) in [6, 6.07) is 7.37. The first kappa shape index (κ1) is 14.8. The van der Waals surface area contributed by atoms with E-state index in [-0.39, 0.29) is 12.0 Å². The second-order valence-corrected chi connectivity index (χ2v) is 5.56. The molecule has 0 aromatic heterocycles. The Balaban J connectivity index is 2.58. The fourth-order valence-electron chi connectivity index (χ4n) is 1.70. The minimum Gasteiger partial charge on any atom is -0.396 e. The van der Waals surface area contributed by atoms with E-state index >= 15 is 0 Å². The Bertz CT molecular complexity index is 438. The Morgan fingerprint density at radius 2 is 2.17 bits per heavy atom. The molecule has 0 fully saturated rings. The van der Waals surface area contributed by atoms with Crippen molar-refractivity contribution in [3.8, 4) is 6.07 Å². The highest BCUT2D eigenvalue weighted by Gasteiger charge is 2.16. The predicted molar refractivity (Wildman–Crippen MR) is 74.8 cm³/mol. The molecule has 18 heavy (non-hydrogen) atoms. The van der Waals surface area contributed by atoms with Gasteiger partial charge >= 0.3 is 0 Å². The van der Waals surface area contributed by atoms with E-state index in [4.69, 9.17) is 22.0 Å². The molecule has 0 spiro atoms. The Kier molecular flexibility index (Phi) is 5.46. The molecule has 98 valence electrons. The molecule has 1 aromatic carbocycles. The van der Waals surface area contributed by atoms with E-state index in [1.165, 1.54) is 0 Å². The summed E-state index contributed by atoms with van der Waals surface area (Å²) in [5.41, 5.74) is 1.51. The van der Waals surface area contributed by atoms with E-state index in [0.717, 1.165) is 25.1 Å². The van der Waals surface area contributed by atoms with E-state index in [9.17, 15) is 0 Å². The van der Waals surface area contributed by atoms with Crippen molar-refractivity contribution in [2.45, 2.75) is 26.7 Å². The summed E-state index contributed by atoms with van der Waals surface area (Å²) in [6.07, 6.45) is 1.77. The van der Waals surface area contributed by atoms with Crippen LogP contribution in [0.5, 0.6) is 0 Å². The van der Waals surface area contributed by atoms with Gasteiger partial charge in [-0.25, -0.2) is 0 Å². The lowest BCUT2D eigenvalue weighted by Crippen LogP contribution is -2.23. The maximum Gasteiger partial charge on any atom is 0.101 e. The molecule has 0 saturated heterocycles. The molecule has 0 aliphatic heterocycles. The van der Waals surface area contributed by atoms with Crippen molar-refractivity contribution in [1.82, 2.24) is 0 Å². The predicted octanol–water partition coefficient (Wildman–Crippen LogP) is 3.42. The van der Waals surface area contributed by atoms with Crippen LogP contribution < -0.4 is 5.32 Å². The number of aliphatic hydroxyl groups is 1. The van der Waals surface area contributed by atoms with Crippen molar-refractivity contribution in [3.05, 3.63) is 28.8 Å². The third-order valence-corrected chi connectivity index (χ3v) is 3.18. The molecule has 0 saturated carbocycles. The monoisotopic (exact) mass is 266 g/mol. The van der Waals surface area contributed by atoms with E-state index in [2.05, 4.69) is 19.2 Å². The van der Waals surface area contributed by atoms with Gasteiger partial charge in [0.25, 0.3) is 0 Å². The number of nitrogens with one attached hydrogen (secondary N) is 1. The van der Waals surface area contributed by atoms with Crippen molar-refractivity contribution in [2.24, 2.45) is 5.41 Å². The van der Waals surface area contributed by atoms with Gasteiger partial charge < -0.3 is 10.4 Å². The number of anilines is 1. The number of aliphatic hydroxyl groups excluding tert-OH is 1. The van der Waals surface area contributed by atoms with Crippen LogP contribution >= 0.6 is 11.6 Å². The summed E-state index contributed by atoms with van der Waals surface area (Å²) in [5, 5.41) is 21.4. The minimum absolute atomic E-state index is 0.114. The summed E-state index contributed by atoms with van der Waals surface area (Å²) < 4.78 is 0. The molecular weight excluding hydrogens is 248 g/mol. The molecule has 0 unspecified atom stereocenters. The minimum atomic E-state index is 0.114. The van der Waals surface area contributed by atoms with Gasteiger partial charge in [0.15, 0.2) is 0 Å². The van der Waals surface area contributed by atoms with Crippen LogP contribution in [-0.2, 0) is 0 Å². The molecule has 0 bridgehead atoms. The van der Waals surface area contributed by atoms with Crippen LogP contribution in [0.15, 0.2) is 18.2 Å². The van der Waals surface area contributed by atoms with Crippen LogP contribution in [0.25, 0.3) is 0 Å². The number of halogens is 1. The first-order chi connectivity index (χ1) is 8.48. The van der Waals surface area contributed by atoms with E-state index in [1.807, 2.05) is 12.1 Å². The summed E-state index contributed by atoms with van der Waals surface area (Å²) in [5.74, 6) is 0. The molecule has 0 radical (unpaired) electrons. The van der Waals surface area contributed by atoms with Crippen LogP contribution in [0.3, 0.4) is 0 Å². The van der Waals surface area contributed by atoms with Crippen LogP contribution in [0.1, 0.15) is 32.3 Å². The number of nitriles is 1. The largest absolute Gasteiger partial charge is 0.396 e. The first-order valence-corrected chi connectivity index (χ1v) is 6.41. The first-order valence-electron chi connectivity index (χ1n) is 6.03. The molecule has 0 aliphatic carbocycles. The van der Waals surface area contributed by atoms with Gasteiger partial charge in [-0.3, -0.25) is 0 Å². The summed E-state index contributed by atoms with van der Waals surface area (Å²) in [6.45, 7) is 5.34. The van der Waals surface area contributed by atoms with E-state index in [0.29, 0.717) is 10.6 Å². The maximum atomic E-state index is 8.84. The molecule has 1 rings (SSSR count). The van der Waals surface area contributed by atoms with Gasteiger partial charge in [0, 0.05) is 18.8 Å². The molecule has 4 heteroatoms. The second kappa shape index (κ2) is 6.63. The number of nitrogens with zero attached hydrogens (tertiary/aromatic N) is 1. The summed E-state index contributed by atoms with van der Waals surface area (Å²) in [7, 11) is 0. The highest BCUT2D eigenvalue weighted by molar-refractivity contribution is 6.32. The van der Waals surface area contributed by atoms with Crippen LogP contribution in [0.4, 0.5) is 5.69 Å². The van der Waals surface area contributed by atoms with Crippen molar-refractivity contribution in [1.29, 1.82) is 5.26 Å². The molecule has 3 nitrogen and oxygen atoms in total. The van der Waals surface area contributed by atoms with Crippen molar-refractivity contribution < 1.29 is 5.11 Å². The fourth-order valence-corrected chi connectivity index (χ4v) is 1.93. The number of hydrogen-bond acceptors (Lipinski definition) is 3. The molecule has 0 amide bonds. The van der Waals surface area contributed by atoms with Crippen molar-refractivity contribution in [3.63, 3.8) is 0 Å². The Morgan fingerprint density at radius 3 is 2.72 bits per heavy atom. The van der Waals surface area contributed by atoms with Gasteiger partial charge in [0.05, 0.1) is 10.6 Å². The van der Waals surface area contributed by atoms with Crippen molar-refractivity contribution >= 4 is 17.3 Å². The topological polar surface area (TPSA) is 56.0 Å². The van der Waals surface area contributed by atoms with Crippen LogP contribution in [-0.4, -0.2) is 18.3 Å². The summed E-state index contributed by atoms with van der Waals surface area (Å²) >= 11 is 5.97. The van der Waals surface area contributed by atoms with Gasteiger partial charge in [-0.1, -0.05) is 25.4 Å².